The van der Waals surface area contributed by atoms with E-state index in [1.54, 1.807) is 32.9 Å². The van der Waals surface area contributed by atoms with Crippen LogP contribution >= 0.6 is 0 Å². The van der Waals surface area contributed by atoms with Gasteiger partial charge in [0.25, 0.3) is 0 Å². The van der Waals surface area contributed by atoms with Gasteiger partial charge in [0.2, 0.25) is 0 Å². The minimum absolute atomic E-state index is 0.0190. The summed E-state index contributed by atoms with van der Waals surface area (Å²) in [5, 5.41) is 24.7. The van der Waals surface area contributed by atoms with Crippen molar-refractivity contribution in [2.24, 2.45) is 0 Å². The van der Waals surface area contributed by atoms with Crippen molar-refractivity contribution in [3.63, 3.8) is 0 Å². The van der Waals surface area contributed by atoms with E-state index in [4.69, 9.17) is 4.74 Å². The molecule has 6 nitrogen and oxygen atoms in total. The number of aromatic hydroxyl groups is 2. The molecule has 0 bridgehead atoms. The largest absolute Gasteiger partial charge is 0.508 e. The van der Waals surface area contributed by atoms with E-state index >= 15 is 0 Å². The van der Waals surface area contributed by atoms with Gasteiger partial charge in [0.15, 0.2) is 0 Å². The maximum Gasteiger partial charge on any atom is 0.407 e. The summed E-state index contributed by atoms with van der Waals surface area (Å²) in [4.78, 5) is 11.4. The number of phenolic OH excluding ortho intramolecular Hbond substituents is 2. The van der Waals surface area contributed by atoms with Gasteiger partial charge in [0.1, 0.15) is 17.1 Å². The van der Waals surface area contributed by atoms with Crippen LogP contribution < -0.4 is 10.6 Å². The summed E-state index contributed by atoms with van der Waals surface area (Å²) in [6.07, 6.45) is -0.452. The maximum atomic E-state index is 11.4. The van der Waals surface area contributed by atoms with Crippen molar-refractivity contribution in [1.82, 2.24) is 10.6 Å². The predicted octanol–water partition coefficient (Wildman–Crippen LogP) is 2.27. The molecule has 0 aliphatic heterocycles. The van der Waals surface area contributed by atoms with Crippen molar-refractivity contribution in [3.8, 4) is 11.5 Å². The Hall–Kier alpha value is -1.95. The highest BCUT2D eigenvalue weighted by Gasteiger charge is 2.15. The fourth-order valence-electron chi connectivity index (χ4n) is 1.75. The highest BCUT2D eigenvalue weighted by Crippen LogP contribution is 2.24. The van der Waals surface area contributed by atoms with E-state index in [1.165, 1.54) is 6.07 Å². The average molecular weight is 296 g/mol. The van der Waals surface area contributed by atoms with Gasteiger partial charge in [-0.2, -0.15) is 0 Å². The Morgan fingerprint density at radius 2 is 1.76 bits per heavy atom. The third-order valence-electron chi connectivity index (χ3n) is 2.67. The number of rotatable bonds is 5. The van der Waals surface area contributed by atoms with Crippen LogP contribution in [0.3, 0.4) is 0 Å². The molecule has 1 atom stereocenters. The topological polar surface area (TPSA) is 90.8 Å². The lowest BCUT2D eigenvalue weighted by Crippen LogP contribution is -2.36. The van der Waals surface area contributed by atoms with Gasteiger partial charge in [-0.25, -0.2) is 4.79 Å². The quantitative estimate of drug-likeness (QED) is 0.626. The van der Waals surface area contributed by atoms with Gasteiger partial charge in [0, 0.05) is 25.2 Å². The Kier molecular flexibility index (Phi) is 5.84. The third-order valence-corrected chi connectivity index (χ3v) is 2.67. The van der Waals surface area contributed by atoms with Crippen LogP contribution in [0.5, 0.6) is 11.5 Å². The number of phenols is 2. The second kappa shape index (κ2) is 7.17. The molecule has 1 aromatic rings. The van der Waals surface area contributed by atoms with Gasteiger partial charge in [0.05, 0.1) is 0 Å². The monoisotopic (exact) mass is 296 g/mol. The van der Waals surface area contributed by atoms with Crippen molar-refractivity contribution in [1.29, 1.82) is 0 Å². The van der Waals surface area contributed by atoms with Gasteiger partial charge in [-0.15, -0.1) is 0 Å². The fourth-order valence-corrected chi connectivity index (χ4v) is 1.75. The standard InChI is InChI=1S/C15H24N2O4/c1-10(11-7-12(18)9-13(19)8-11)16-5-6-17-14(20)21-15(2,3)4/h7-10,16,18-19H,5-6H2,1-4H3,(H,17,20). The number of nitrogens with one attached hydrogen (secondary N) is 2. The molecule has 0 saturated heterocycles. The van der Waals surface area contributed by atoms with E-state index in [0.717, 1.165) is 5.56 Å². The van der Waals surface area contributed by atoms with Crippen LogP contribution in [0.4, 0.5) is 4.79 Å². The molecule has 0 saturated carbocycles. The molecule has 0 aliphatic carbocycles. The number of hydrogen-bond donors (Lipinski definition) is 4. The van der Waals surface area contributed by atoms with Crippen molar-refractivity contribution in [2.75, 3.05) is 13.1 Å². The molecule has 21 heavy (non-hydrogen) atoms. The first-order valence-corrected chi connectivity index (χ1v) is 6.90. The van der Waals surface area contributed by atoms with Crippen molar-refractivity contribution in [2.45, 2.75) is 39.3 Å². The zero-order valence-electron chi connectivity index (χ0n) is 12.9. The summed E-state index contributed by atoms with van der Waals surface area (Å²) < 4.78 is 5.12. The highest BCUT2D eigenvalue weighted by molar-refractivity contribution is 5.67. The van der Waals surface area contributed by atoms with E-state index in [2.05, 4.69) is 10.6 Å². The average Bonchev–Trinajstić information content (AvgIpc) is 2.31. The molecule has 0 radical (unpaired) electrons. The SMILES string of the molecule is CC(NCCNC(=O)OC(C)(C)C)c1cc(O)cc(O)c1. The minimum atomic E-state index is -0.510. The molecule has 0 aromatic heterocycles. The molecule has 0 spiro atoms. The smallest absolute Gasteiger partial charge is 0.407 e. The number of alkyl carbamates (subject to hydrolysis) is 1. The number of ether oxygens (including phenoxy) is 1. The van der Waals surface area contributed by atoms with Gasteiger partial charge < -0.3 is 25.6 Å². The number of amides is 1. The molecule has 4 N–H and O–H groups in total. The Morgan fingerprint density at radius 3 is 2.29 bits per heavy atom. The Balaban J connectivity index is 2.34. The third kappa shape index (κ3) is 6.85. The summed E-state index contributed by atoms with van der Waals surface area (Å²) in [6.45, 7) is 8.28. The van der Waals surface area contributed by atoms with E-state index < -0.39 is 11.7 Å². The van der Waals surface area contributed by atoms with Crippen molar-refractivity contribution in [3.05, 3.63) is 23.8 Å². The lowest BCUT2D eigenvalue weighted by atomic mass is 10.1. The molecule has 0 fully saturated rings. The van der Waals surface area contributed by atoms with Crippen molar-refractivity contribution >= 4 is 6.09 Å². The second-order valence-electron chi connectivity index (χ2n) is 5.89. The summed E-state index contributed by atoms with van der Waals surface area (Å²) in [6, 6.07) is 4.38. The fraction of sp³-hybridized carbons (Fsp3) is 0.533. The molecule has 1 aromatic carbocycles. The molecular weight excluding hydrogens is 272 g/mol. The van der Waals surface area contributed by atoms with E-state index in [-0.39, 0.29) is 17.5 Å². The van der Waals surface area contributed by atoms with Crippen LogP contribution in [-0.4, -0.2) is 35.0 Å². The summed E-state index contributed by atoms with van der Waals surface area (Å²) in [7, 11) is 0. The number of carbonyl (C=O) groups is 1. The molecule has 0 aliphatic rings. The predicted molar refractivity (Wildman–Crippen MR) is 80.4 cm³/mol. The van der Waals surface area contributed by atoms with Crippen LogP contribution in [0.15, 0.2) is 18.2 Å². The van der Waals surface area contributed by atoms with E-state index in [1.807, 2.05) is 6.92 Å². The molecular formula is C15H24N2O4. The van der Waals surface area contributed by atoms with Crippen LogP contribution in [0.25, 0.3) is 0 Å². The lowest BCUT2D eigenvalue weighted by Gasteiger charge is -2.20. The number of hydrogen-bond acceptors (Lipinski definition) is 5. The molecule has 1 unspecified atom stereocenters. The Bertz CT molecular complexity index is 463. The lowest BCUT2D eigenvalue weighted by molar-refractivity contribution is 0.0528. The molecule has 1 amide bonds. The Labute approximate surface area is 125 Å². The molecule has 1 rings (SSSR count). The summed E-state index contributed by atoms with van der Waals surface area (Å²) >= 11 is 0. The van der Waals surface area contributed by atoms with Crippen LogP contribution in [-0.2, 0) is 4.74 Å². The molecule has 6 heteroatoms. The first-order chi connectivity index (χ1) is 9.67. The summed E-state index contributed by atoms with van der Waals surface area (Å²) in [5.41, 5.74) is 0.258. The first kappa shape index (κ1) is 17.1. The van der Waals surface area contributed by atoms with Crippen LogP contribution in [0.1, 0.15) is 39.3 Å². The highest BCUT2D eigenvalue weighted by atomic mass is 16.6. The van der Waals surface area contributed by atoms with Crippen LogP contribution in [0, 0.1) is 0 Å². The van der Waals surface area contributed by atoms with Gasteiger partial charge >= 0.3 is 6.09 Å². The van der Waals surface area contributed by atoms with Crippen LogP contribution in [0.2, 0.25) is 0 Å². The number of benzene rings is 1. The molecule has 118 valence electrons. The molecule has 0 heterocycles. The maximum absolute atomic E-state index is 11.4. The van der Waals surface area contributed by atoms with E-state index in [0.29, 0.717) is 13.1 Å². The summed E-state index contributed by atoms with van der Waals surface area (Å²) in [5.74, 6) is 0.0380. The first-order valence-electron chi connectivity index (χ1n) is 6.90. The normalized spacial score (nSPS) is 12.8. The number of carbonyl (C=O) groups excluding carboxylic acids is 1. The van der Waals surface area contributed by atoms with Gasteiger partial charge in [-0.1, -0.05) is 0 Å². The zero-order chi connectivity index (χ0) is 16.0. The Morgan fingerprint density at radius 1 is 1.19 bits per heavy atom. The van der Waals surface area contributed by atoms with Gasteiger partial charge in [-0.3, -0.25) is 0 Å². The zero-order valence-corrected chi connectivity index (χ0v) is 12.9. The second-order valence-corrected chi connectivity index (χ2v) is 5.89. The van der Waals surface area contributed by atoms with Gasteiger partial charge in [-0.05, 0) is 45.4 Å². The van der Waals surface area contributed by atoms with Crippen molar-refractivity contribution < 1.29 is 19.7 Å². The van der Waals surface area contributed by atoms with E-state index in [9.17, 15) is 15.0 Å². The minimum Gasteiger partial charge on any atom is -0.508 e.